The van der Waals surface area contributed by atoms with Gasteiger partial charge in [0.25, 0.3) is 0 Å². The van der Waals surface area contributed by atoms with Crippen molar-refractivity contribution in [1.29, 1.82) is 0 Å². The minimum atomic E-state index is 0.424. The van der Waals surface area contributed by atoms with Gasteiger partial charge in [0.2, 0.25) is 5.95 Å². The Morgan fingerprint density at radius 2 is 1.84 bits per heavy atom. The first kappa shape index (κ1) is 21.8. The summed E-state index contributed by atoms with van der Waals surface area (Å²) in [7, 11) is 3.80. The molecule has 0 amide bonds. The Morgan fingerprint density at radius 3 is 2.59 bits per heavy atom. The lowest BCUT2D eigenvalue weighted by molar-refractivity contribution is 0.146. The maximum absolute atomic E-state index is 6.08. The summed E-state index contributed by atoms with van der Waals surface area (Å²) in [6.07, 6.45) is 7.58. The van der Waals surface area contributed by atoms with E-state index in [1.165, 1.54) is 0 Å². The summed E-state index contributed by atoms with van der Waals surface area (Å²) in [6.45, 7) is 3.23. The Balaban J connectivity index is 1.38. The monoisotopic (exact) mass is 438 g/mol. The Bertz CT molecular complexity index is 999. The van der Waals surface area contributed by atoms with Gasteiger partial charge < -0.3 is 30.7 Å². The zero-order chi connectivity index (χ0) is 22.3. The third kappa shape index (κ3) is 5.65. The number of methoxy groups -OCH3 is 1. The van der Waals surface area contributed by atoms with Crippen molar-refractivity contribution in [2.24, 2.45) is 0 Å². The zero-order valence-electron chi connectivity index (χ0n) is 18.5. The lowest BCUT2D eigenvalue weighted by atomic mass is 10.1. The standard InChI is InChI=1S/C22H30N8O2/c1-29-9-7-18(8-10-29)30-15-17(13-25-30)27-22-24-14-20(23)21(28-22)26-16-3-5-19(6-4-16)32-12-11-31-2/h3-6,13-15,18H,7-12,23H2,1-2H3,(H2,24,26,27,28). The molecule has 1 aliphatic rings. The van der Waals surface area contributed by atoms with Crippen molar-refractivity contribution in [3.05, 3.63) is 42.9 Å². The second-order valence-electron chi connectivity index (χ2n) is 7.86. The highest BCUT2D eigenvalue weighted by molar-refractivity contribution is 5.70. The van der Waals surface area contributed by atoms with Crippen molar-refractivity contribution in [3.8, 4) is 5.75 Å². The Kier molecular flexibility index (Phi) is 7.03. The van der Waals surface area contributed by atoms with E-state index >= 15 is 0 Å². The van der Waals surface area contributed by atoms with Gasteiger partial charge in [-0.25, -0.2) is 4.98 Å². The van der Waals surface area contributed by atoms with E-state index in [1.54, 1.807) is 19.5 Å². The van der Waals surface area contributed by atoms with Crippen LogP contribution >= 0.6 is 0 Å². The zero-order valence-corrected chi connectivity index (χ0v) is 18.5. The van der Waals surface area contributed by atoms with Crippen molar-refractivity contribution in [3.63, 3.8) is 0 Å². The lowest BCUT2D eigenvalue weighted by Gasteiger charge is -2.28. The molecule has 32 heavy (non-hydrogen) atoms. The van der Waals surface area contributed by atoms with Gasteiger partial charge >= 0.3 is 0 Å². The molecule has 0 bridgehead atoms. The fraction of sp³-hybridized carbons (Fsp3) is 0.409. The van der Waals surface area contributed by atoms with Crippen molar-refractivity contribution >= 4 is 28.8 Å². The van der Waals surface area contributed by atoms with Crippen LogP contribution in [-0.4, -0.2) is 65.1 Å². The quantitative estimate of drug-likeness (QED) is 0.434. The van der Waals surface area contributed by atoms with Crippen molar-refractivity contribution in [2.75, 3.05) is 56.8 Å². The molecule has 0 aliphatic carbocycles. The molecule has 0 unspecified atom stereocenters. The fourth-order valence-electron chi connectivity index (χ4n) is 3.56. The number of benzene rings is 1. The minimum Gasteiger partial charge on any atom is -0.491 e. The Morgan fingerprint density at radius 1 is 1.06 bits per heavy atom. The van der Waals surface area contributed by atoms with Crippen LogP contribution in [0.4, 0.5) is 28.8 Å². The van der Waals surface area contributed by atoms with E-state index in [0.717, 1.165) is 43.1 Å². The highest BCUT2D eigenvalue weighted by atomic mass is 16.5. The van der Waals surface area contributed by atoms with Crippen LogP contribution in [0.2, 0.25) is 0 Å². The van der Waals surface area contributed by atoms with Gasteiger partial charge in [-0.3, -0.25) is 4.68 Å². The number of nitrogens with two attached hydrogens (primary N) is 1. The van der Waals surface area contributed by atoms with Crippen LogP contribution in [0.25, 0.3) is 0 Å². The van der Waals surface area contributed by atoms with Gasteiger partial charge in [0.05, 0.1) is 36.4 Å². The first-order valence-corrected chi connectivity index (χ1v) is 10.7. The highest BCUT2D eigenvalue weighted by Gasteiger charge is 2.19. The third-order valence-corrected chi connectivity index (χ3v) is 5.41. The van der Waals surface area contributed by atoms with Gasteiger partial charge in [0.1, 0.15) is 12.4 Å². The predicted octanol–water partition coefficient (Wildman–Crippen LogP) is 3.03. The van der Waals surface area contributed by atoms with Crippen molar-refractivity contribution < 1.29 is 9.47 Å². The predicted molar refractivity (Wildman–Crippen MR) is 125 cm³/mol. The van der Waals surface area contributed by atoms with E-state index in [9.17, 15) is 0 Å². The molecule has 4 rings (SSSR count). The molecule has 10 nitrogen and oxygen atoms in total. The Hall–Kier alpha value is -3.37. The number of ether oxygens (including phenoxy) is 2. The molecule has 1 aromatic carbocycles. The first-order valence-electron chi connectivity index (χ1n) is 10.7. The van der Waals surface area contributed by atoms with E-state index in [2.05, 4.69) is 37.6 Å². The number of hydrogen-bond donors (Lipinski definition) is 3. The number of likely N-dealkylation sites (tertiary alicyclic amines) is 1. The van der Waals surface area contributed by atoms with Crippen LogP contribution in [0.15, 0.2) is 42.9 Å². The van der Waals surface area contributed by atoms with Gasteiger partial charge in [-0.2, -0.15) is 10.1 Å². The van der Waals surface area contributed by atoms with Gasteiger partial charge in [-0.1, -0.05) is 0 Å². The van der Waals surface area contributed by atoms with E-state index in [-0.39, 0.29) is 0 Å². The summed E-state index contributed by atoms with van der Waals surface area (Å²) in [5.74, 6) is 1.75. The summed E-state index contributed by atoms with van der Waals surface area (Å²) < 4.78 is 12.6. The molecule has 1 fully saturated rings. The van der Waals surface area contributed by atoms with E-state index in [0.29, 0.717) is 36.7 Å². The molecule has 2 aromatic heterocycles. The molecule has 0 atom stereocenters. The van der Waals surface area contributed by atoms with E-state index < -0.39 is 0 Å². The maximum atomic E-state index is 6.08. The van der Waals surface area contributed by atoms with Gasteiger partial charge in [0, 0.05) is 19.0 Å². The number of nitrogens with zero attached hydrogens (tertiary/aromatic N) is 5. The van der Waals surface area contributed by atoms with Crippen molar-refractivity contribution in [1.82, 2.24) is 24.6 Å². The van der Waals surface area contributed by atoms with Gasteiger partial charge in [-0.05, 0) is 57.2 Å². The number of piperidine rings is 1. The summed E-state index contributed by atoms with van der Waals surface area (Å²) in [4.78, 5) is 11.2. The molecular formula is C22H30N8O2. The SMILES string of the molecule is COCCOc1ccc(Nc2nc(Nc3cnn(C4CCN(C)CC4)c3)ncc2N)cc1. The Labute approximate surface area is 187 Å². The lowest BCUT2D eigenvalue weighted by Crippen LogP contribution is -2.31. The number of rotatable bonds is 9. The molecule has 0 spiro atoms. The van der Waals surface area contributed by atoms with Gasteiger partial charge in [0.15, 0.2) is 5.82 Å². The normalized spacial score (nSPS) is 14.9. The largest absolute Gasteiger partial charge is 0.491 e. The molecule has 10 heteroatoms. The van der Waals surface area contributed by atoms with Gasteiger partial charge in [-0.15, -0.1) is 0 Å². The second kappa shape index (κ2) is 10.3. The molecule has 0 radical (unpaired) electrons. The minimum absolute atomic E-state index is 0.424. The van der Waals surface area contributed by atoms with Crippen LogP contribution in [0.1, 0.15) is 18.9 Å². The molecular weight excluding hydrogens is 408 g/mol. The summed E-state index contributed by atoms with van der Waals surface area (Å²) in [5, 5.41) is 11.0. The third-order valence-electron chi connectivity index (χ3n) is 5.41. The average molecular weight is 439 g/mol. The van der Waals surface area contributed by atoms with Crippen LogP contribution in [0, 0.1) is 0 Å². The number of nitrogen functional groups attached to an aromatic ring is 1. The van der Waals surface area contributed by atoms with Crippen LogP contribution in [0.3, 0.4) is 0 Å². The van der Waals surface area contributed by atoms with Crippen LogP contribution in [0.5, 0.6) is 5.75 Å². The van der Waals surface area contributed by atoms with Crippen molar-refractivity contribution in [2.45, 2.75) is 18.9 Å². The van der Waals surface area contributed by atoms with E-state index in [1.807, 2.05) is 35.1 Å². The molecule has 3 heterocycles. The molecule has 4 N–H and O–H groups in total. The number of aromatic nitrogens is 4. The summed E-state index contributed by atoms with van der Waals surface area (Å²) in [5.41, 5.74) is 8.22. The molecule has 170 valence electrons. The molecule has 1 aliphatic heterocycles. The van der Waals surface area contributed by atoms with Crippen LogP contribution < -0.4 is 21.1 Å². The second-order valence-corrected chi connectivity index (χ2v) is 7.86. The number of hydrogen-bond acceptors (Lipinski definition) is 9. The first-order chi connectivity index (χ1) is 15.6. The smallest absolute Gasteiger partial charge is 0.229 e. The molecule has 1 saturated heterocycles. The fourth-order valence-corrected chi connectivity index (χ4v) is 3.56. The number of anilines is 5. The molecule has 3 aromatic rings. The molecule has 0 saturated carbocycles. The van der Waals surface area contributed by atoms with Crippen LogP contribution in [-0.2, 0) is 4.74 Å². The summed E-state index contributed by atoms with van der Waals surface area (Å²) >= 11 is 0. The highest BCUT2D eigenvalue weighted by Crippen LogP contribution is 2.26. The maximum Gasteiger partial charge on any atom is 0.229 e. The van der Waals surface area contributed by atoms with E-state index in [4.69, 9.17) is 15.2 Å². The summed E-state index contributed by atoms with van der Waals surface area (Å²) in [6, 6.07) is 8.00. The number of nitrogens with one attached hydrogen (secondary N) is 2. The topological polar surface area (TPSA) is 115 Å². The average Bonchev–Trinajstić information content (AvgIpc) is 3.26.